The molecule has 25 heavy (non-hydrogen) atoms. The monoisotopic (exact) mass is 343 g/mol. The van der Waals surface area contributed by atoms with Crippen LogP contribution in [0, 0.1) is 0 Å². The number of ether oxygens (including phenoxy) is 2. The molecule has 0 aliphatic carbocycles. The minimum atomic E-state index is -0.544. The second-order valence-electron chi connectivity index (χ2n) is 5.84. The van der Waals surface area contributed by atoms with Gasteiger partial charge in [-0.05, 0) is 12.1 Å². The predicted molar refractivity (Wildman–Crippen MR) is 87.6 cm³/mol. The lowest BCUT2D eigenvalue weighted by molar-refractivity contribution is 0.0995. The SMILES string of the molecule is NC(=O)c1cn2c(n1)CCN(C(=O)Nc1ccc3c(c1)OCO3)CC2. The number of nitrogens with one attached hydrogen (secondary N) is 1. The molecular formula is C16H17N5O4. The molecule has 3 amide bonds. The molecule has 0 saturated heterocycles. The maximum absolute atomic E-state index is 12.5. The molecule has 4 rings (SSSR count). The predicted octanol–water partition coefficient (Wildman–Crippen LogP) is 0.801. The van der Waals surface area contributed by atoms with Gasteiger partial charge in [-0.2, -0.15) is 0 Å². The Hall–Kier alpha value is -3.23. The summed E-state index contributed by atoms with van der Waals surface area (Å²) in [6, 6.07) is 5.08. The molecule has 0 atom stereocenters. The quantitative estimate of drug-likeness (QED) is 0.838. The van der Waals surface area contributed by atoms with E-state index in [2.05, 4.69) is 10.3 Å². The maximum Gasteiger partial charge on any atom is 0.321 e. The first-order valence-electron chi connectivity index (χ1n) is 7.91. The van der Waals surface area contributed by atoms with Crippen LogP contribution in [0.3, 0.4) is 0 Å². The van der Waals surface area contributed by atoms with Crippen molar-refractivity contribution in [2.45, 2.75) is 13.0 Å². The van der Waals surface area contributed by atoms with E-state index in [0.29, 0.717) is 43.2 Å². The number of amides is 3. The van der Waals surface area contributed by atoms with Gasteiger partial charge < -0.3 is 30.0 Å². The molecule has 3 heterocycles. The van der Waals surface area contributed by atoms with Crippen LogP contribution in [0.4, 0.5) is 10.5 Å². The second-order valence-corrected chi connectivity index (χ2v) is 5.84. The third-order valence-corrected chi connectivity index (χ3v) is 4.24. The minimum Gasteiger partial charge on any atom is -0.454 e. The fourth-order valence-corrected chi connectivity index (χ4v) is 2.92. The minimum absolute atomic E-state index is 0.192. The van der Waals surface area contributed by atoms with Crippen LogP contribution in [-0.4, -0.2) is 46.3 Å². The van der Waals surface area contributed by atoms with E-state index in [1.165, 1.54) is 0 Å². The molecule has 9 heteroatoms. The molecule has 2 aliphatic rings. The number of fused-ring (bicyclic) bond motifs is 2. The van der Waals surface area contributed by atoms with Gasteiger partial charge in [0.1, 0.15) is 11.5 Å². The average Bonchev–Trinajstić information content (AvgIpc) is 3.17. The normalized spacial score (nSPS) is 15.4. The van der Waals surface area contributed by atoms with Crippen LogP contribution >= 0.6 is 0 Å². The van der Waals surface area contributed by atoms with Gasteiger partial charge in [0.25, 0.3) is 5.91 Å². The molecule has 0 fully saturated rings. The summed E-state index contributed by atoms with van der Waals surface area (Å²) in [7, 11) is 0. The first-order chi connectivity index (χ1) is 12.1. The number of urea groups is 1. The Bertz CT molecular complexity index is 822. The number of hydrogen-bond donors (Lipinski definition) is 2. The van der Waals surface area contributed by atoms with Gasteiger partial charge in [-0.3, -0.25) is 4.79 Å². The van der Waals surface area contributed by atoms with Gasteiger partial charge in [0.15, 0.2) is 11.5 Å². The Morgan fingerprint density at radius 3 is 2.84 bits per heavy atom. The van der Waals surface area contributed by atoms with Gasteiger partial charge in [-0.25, -0.2) is 9.78 Å². The van der Waals surface area contributed by atoms with Crippen LogP contribution in [0.2, 0.25) is 0 Å². The lowest BCUT2D eigenvalue weighted by Gasteiger charge is -2.20. The summed E-state index contributed by atoms with van der Waals surface area (Å²) < 4.78 is 12.4. The Morgan fingerprint density at radius 1 is 1.16 bits per heavy atom. The smallest absolute Gasteiger partial charge is 0.321 e. The van der Waals surface area contributed by atoms with Crippen LogP contribution in [0.1, 0.15) is 16.3 Å². The number of nitrogens with zero attached hydrogens (tertiary/aromatic N) is 3. The number of hydrogen-bond acceptors (Lipinski definition) is 5. The fraction of sp³-hybridized carbons (Fsp3) is 0.312. The lowest BCUT2D eigenvalue weighted by atomic mass is 10.3. The van der Waals surface area contributed by atoms with Gasteiger partial charge in [0, 0.05) is 44.0 Å². The third-order valence-electron chi connectivity index (χ3n) is 4.24. The van der Waals surface area contributed by atoms with Crippen molar-refractivity contribution < 1.29 is 19.1 Å². The van der Waals surface area contributed by atoms with E-state index >= 15 is 0 Å². The average molecular weight is 343 g/mol. The molecule has 2 aromatic rings. The lowest BCUT2D eigenvalue weighted by Crippen LogP contribution is -2.37. The highest BCUT2D eigenvalue weighted by atomic mass is 16.7. The highest BCUT2D eigenvalue weighted by molar-refractivity contribution is 5.91. The highest BCUT2D eigenvalue weighted by Crippen LogP contribution is 2.34. The van der Waals surface area contributed by atoms with Gasteiger partial charge in [0.05, 0.1) is 0 Å². The third kappa shape index (κ3) is 2.95. The van der Waals surface area contributed by atoms with Crippen molar-refractivity contribution in [2.24, 2.45) is 5.73 Å². The van der Waals surface area contributed by atoms with Crippen molar-refractivity contribution in [3.63, 3.8) is 0 Å². The van der Waals surface area contributed by atoms with E-state index in [4.69, 9.17) is 15.2 Å². The Balaban J connectivity index is 1.41. The molecular weight excluding hydrogens is 326 g/mol. The van der Waals surface area contributed by atoms with Gasteiger partial charge in [-0.15, -0.1) is 0 Å². The first-order valence-corrected chi connectivity index (χ1v) is 7.91. The molecule has 0 spiro atoms. The Labute approximate surface area is 143 Å². The molecule has 0 radical (unpaired) electrons. The van der Waals surface area contributed by atoms with Crippen molar-refractivity contribution in [1.82, 2.24) is 14.5 Å². The summed E-state index contributed by atoms with van der Waals surface area (Å²) in [5.41, 5.74) is 6.16. The first kappa shape index (κ1) is 15.3. The summed E-state index contributed by atoms with van der Waals surface area (Å²) in [6.45, 7) is 1.77. The number of benzene rings is 1. The molecule has 0 unspecified atom stereocenters. The fourth-order valence-electron chi connectivity index (χ4n) is 2.92. The van der Waals surface area contributed by atoms with Crippen LogP contribution in [0.5, 0.6) is 11.5 Å². The number of nitrogens with two attached hydrogens (primary N) is 1. The van der Waals surface area contributed by atoms with Gasteiger partial charge in [0.2, 0.25) is 6.79 Å². The van der Waals surface area contributed by atoms with Crippen LogP contribution in [-0.2, 0) is 13.0 Å². The van der Waals surface area contributed by atoms with Crippen molar-refractivity contribution in [3.05, 3.63) is 35.9 Å². The van der Waals surface area contributed by atoms with Crippen molar-refractivity contribution >= 4 is 17.6 Å². The number of carbonyl (C=O) groups is 2. The summed E-state index contributed by atoms with van der Waals surface area (Å²) in [5, 5.41) is 2.87. The number of primary amides is 1. The standard InChI is InChI=1S/C16H17N5O4/c17-15(22)11-8-21-6-5-20(4-3-14(21)19-11)16(23)18-10-1-2-12-13(7-10)25-9-24-12/h1-2,7-8H,3-6,9H2,(H2,17,22)(H,18,23). The van der Waals surface area contributed by atoms with E-state index in [0.717, 1.165) is 5.82 Å². The van der Waals surface area contributed by atoms with Gasteiger partial charge in [-0.1, -0.05) is 0 Å². The zero-order valence-corrected chi connectivity index (χ0v) is 13.4. The summed E-state index contributed by atoms with van der Waals surface area (Å²) in [5.74, 6) is 1.50. The van der Waals surface area contributed by atoms with Crippen molar-refractivity contribution in [1.29, 1.82) is 0 Å². The molecule has 130 valence electrons. The summed E-state index contributed by atoms with van der Waals surface area (Å²) in [4.78, 5) is 29.7. The van der Waals surface area contributed by atoms with Crippen LogP contribution in [0.15, 0.2) is 24.4 Å². The van der Waals surface area contributed by atoms with Crippen LogP contribution < -0.4 is 20.5 Å². The molecule has 3 N–H and O–H groups in total. The number of aromatic nitrogens is 2. The van der Waals surface area contributed by atoms with E-state index in [9.17, 15) is 9.59 Å². The van der Waals surface area contributed by atoms with E-state index < -0.39 is 5.91 Å². The molecule has 0 saturated carbocycles. The largest absolute Gasteiger partial charge is 0.454 e. The zero-order valence-electron chi connectivity index (χ0n) is 13.4. The van der Waals surface area contributed by atoms with E-state index in [1.807, 2.05) is 4.57 Å². The number of imidazole rings is 1. The number of anilines is 1. The second kappa shape index (κ2) is 6.00. The Morgan fingerprint density at radius 2 is 2.00 bits per heavy atom. The summed E-state index contributed by atoms with van der Waals surface area (Å²) in [6.07, 6.45) is 2.19. The van der Waals surface area contributed by atoms with E-state index in [1.54, 1.807) is 29.3 Å². The molecule has 1 aromatic heterocycles. The van der Waals surface area contributed by atoms with Crippen molar-refractivity contribution in [2.75, 3.05) is 25.2 Å². The molecule has 2 aliphatic heterocycles. The highest BCUT2D eigenvalue weighted by Gasteiger charge is 2.22. The Kier molecular flexibility index (Phi) is 3.68. The molecule has 0 bridgehead atoms. The number of rotatable bonds is 2. The zero-order chi connectivity index (χ0) is 17.4. The van der Waals surface area contributed by atoms with E-state index in [-0.39, 0.29) is 18.5 Å². The molecule has 9 nitrogen and oxygen atoms in total. The van der Waals surface area contributed by atoms with Gasteiger partial charge >= 0.3 is 6.03 Å². The van der Waals surface area contributed by atoms with Crippen molar-refractivity contribution in [3.8, 4) is 11.5 Å². The maximum atomic E-state index is 12.5. The topological polar surface area (TPSA) is 112 Å². The van der Waals surface area contributed by atoms with Crippen LogP contribution in [0.25, 0.3) is 0 Å². The molecule has 1 aromatic carbocycles. The summed E-state index contributed by atoms with van der Waals surface area (Å²) >= 11 is 0. The number of carbonyl (C=O) groups excluding carboxylic acids is 2.